The van der Waals surface area contributed by atoms with Crippen LogP contribution in [0.4, 0.5) is 4.39 Å². The van der Waals surface area contributed by atoms with E-state index in [9.17, 15) is 9.18 Å². The van der Waals surface area contributed by atoms with Crippen LogP contribution in [-0.2, 0) is 24.9 Å². The second-order valence-electron chi connectivity index (χ2n) is 7.52. The smallest absolute Gasteiger partial charge is 0.255 e. The van der Waals surface area contributed by atoms with Crippen molar-refractivity contribution in [2.45, 2.75) is 45.7 Å². The number of aromatic nitrogens is 2. The van der Waals surface area contributed by atoms with Crippen molar-refractivity contribution in [3.05, 3.63) is 57.0 Å². The molecule has 0 spiro atoms. The van der Waals surface area contributed by atoms with Crippen molar-refractivity contribution in [3.63, 3.8) is 0 Å². The Bertz CT molecular complexity index is 840. The number of hydrogen-bond acceptors (Lipinski definition) is 4. The average Bonchev–Trinajstić information content (AvgIpc) is 2.56. The lowest BCUT2D eigenvalue weighted by Crippen LogP contribution is -2.37. The second kappa shape index (κ2) is 6.59. The molecule has 0 atom stereocenters. The first-order valence-electron chi connectivity index (χ1n) is 8.45. The first-order valence-corrected chi connectivity index (χ1v) is 8.45. The normalized spacial score (nSPS) is 15.1. The van der Waals surface area contributed by atoms with Crippen molar-refractivity contribution < 1.29 is 9.13 Å². The van der Waals surface area contributed by atoms with E-state index in [1.165, 1.54) is 13.2 Å². The third-order valence-electron chi connectivity index (χ3n) is 4.48. The van der Waals surface area contributed by atoms with Gasteiger partial charge < -0.3 is 9.72 Å². The lowest BCUT2D eigenvalue weighted by molar-refractivity contribution is 0.240. The van der Waals surface area contributed by atoms with E-state index in [-0.39, 0.29) is 22.5 Å². The second-order valence-corrected chi connectivity index (χ2v) is 7.52. The van der Waals surface area contributed by atoms with E-state index < -0.39 is 0 Å². The number of methoxy groups -OCH3 is 1. The lowest BCUT2D eigenvalue weighted by atomic mass is 9.95. The molecule has 1 N–H and O–H groups in total. The molecule has 5 nitrogen and oxygen atoms in total. The van der Waals surface area contributed by atoms with Crippen molar-refractivity contribution in [2.75, 3.05) is 13.7 Å². The summed E-state index contributed by atoms with van der Waals surface area (Å²) in [4.78, 5) is 22.2. The number of hydrogen-bond donors (Lipinski definition) is 1. The van der Waals surface area contributed by atoms with Crippen LogP contribution in [0.3, 0.4) is 0 Å². The Labute approximate surface area is 146 Å². The van der Waals surface area contributed by atoms with Crippen molar-refractivity contribution in [1.82, 2.24) is 14.9 Å². The van der Waals surface area contributed by atoms with Gasteiger partial charge in [-0.2, -0.15) is 0 Å². The number of fused-ring (bicyclic) bond motifs is 1. The number of rotatable bonds is 3. The molecule has 0 saturated heterocycles. The molecular weight excluding hydrogens is 321 g/mol. The largest absolute Gasteiger partial charge is 0.494 e. The van der Waals surface area contributed by atoms with Gasteiger partial charge in [0, 0.05) is 31.5 Å². The predicted molar refractivity (Wildman–Crippen MR) is 94.3 cm³/mol. The van der Waals surface area contributed by atoms with Crippen molar-refractivity contribution in [2.24, 2.45) is 0 Å². The number of H-pyrrole nitrogens is 1. The van der Waals surface area contributed by atoms with E-state index in [2.05, 4.69) is 14.9 Å². The third kappa shape index (κ3) is 3.74. The van der Waals surface area contributed by atoms with Crippen LogP contribution in [0.1, 0.15) is 43.4 Å². The molecule has 0 saturated carbocycles. The van der Waals surface area contributed by atoms with Crippen LogP contribution in [0.15, 0.2) is 23.0 Å². The summed E-state index contributed by atoms with van der Waals surface area (Å²) in [5, 5.41) is 0. The fourth-order valence-electron chi connectivity index (χ4n) is 3.03. The molecule has 134 valence electrons. The average molecular weight is 345 g/mol. The van der Waals surface area contributed by atoms with Gasteiger partial charge in [0.1, 0.15) is 5.82 Å². The molecule has 25 heavy (non-hydrogen) atoms. The number of aromatic amines is 1. The zero-order valence-corrected chi connectivity index (χ0v) is 15.1. The number of benzene rings is 1. The highest BCUT2D eigenvalue weighted by Gasteiger charge is 2.24. The summed E-state index contributed by atoms with van der Waals surface area (Å²) in [5.41, 5.74) is 2.33. The standard InChI is InChI=1S/C19H24FN3O2/c1-19(2,3)18-21-15-7-8-23(11-13(15)17(24)22-18)10-12-5-6-14(20)16(9-12)25-4/h5-6,9H,7-8,10-11H2,1-4H3,(H,21,22,24). The minimum absolute atomic E-state index is 0.0590. The molecule has 1 aliphatic heterocycles. The molecule has 0 amide bonds. The van der Waals surface area contributed by atoms with E-state index in [1.807, 2.05) is 20.8 Å². The quantitative estimate of drug-likeness (QED) is 0.929. The highest BCUT2D eigenvalue weighted by Crippen LogP contribution is 2.23. The van der Waals surface area contributed by atoms with Gasteiger partial charge in [-0.25, -0.2) is 9.37 Å². The number of nitrogens with zero attached hydrogens (tertiary/aromatic N) is 2. The molecule has 0 radical (unpaired) electrons. The van der Waals surface area contributed by atoms with E-state index in [0.717, 1.165) is 35.6 Å². The van der Waals surface area contributed by atoms with Gasteiger partial charge in [-0.1, -0.05) is 26.8 Å². The summed E-state index contributed by atoms with van der Waals surface area (Å²) in [6, 6.07) is 4.87. The van der Waals surface area contributed by atoms with Gasteiger partial charge in [0.25, 0.3) is 5.56 Å². The molecule has 1 aliphatic rings. The summed E-state index contributed by atoms with van der Waals surface area (Å²) in [6.07, 6.45) is 0.737. The predicted octanol–water partition coefficient (Wildman–Crippen LogP) is 2.77. The van der Waals surface area contributed by atoms with Gasteiger partial charge in [0.05, 0.1) is 18.4 Å². The highest BCUT2D eigenvalue weighted by molar-refractivity contribution is 5.30. The van der Waals surface area contributed by atoms with Gasteiger partial charge >= 0.3 is 0 Å². The number of halogens is 1. The van der Waals surface area contributed by atoms with Crippen molar-refractivity contribution in [3.8, 4) is 5.75 Å². The Kier molecular flexibility index (Phi) is 4.64. The maximum atomic E-state index is 13.5. The van der Waals surface area contributed by atoms with Crippen LogP contribution in [-0.4, -0.2) is 28.5 Å². The maximum Gasteiger partial charge on any atom is 0.255 e. The summed E-state index contributed by atoms with van der Waals surface area (Å²) in [5.74, 6) is 0.600. The van der Waals surface area contributed by atoms with Crippen LogP contribution in [0.5, 0.6) is 5.75 Å². The molecule has 2 aromatic rings. The van der Waals surface area contributed by atoms with Crippen LogP contribution in [0.25, 0.3) is 0 Å². The highest BCUT2D eigenvalue weighted by atomic mass is 19.1. The Morgan fingerprint density at radius 3 is 2.80 bits per heavy atom. The molecule has 0 bridgehead atoms. The zero-order chi connectivity index (χ0) is 18.2. The molecule has 0 unspecified atom stereocenters. The van der Waals surface area contributed by atoms with Gasteiger partial charge in [0.15, 0.2) is 11.6 Å². The van der Waals surface area contributed by atoms with Crippen molar-refractivity contribution >= 4 is 0 Å². The van der Waals surface area contributed by atoms with Crippen molar-refractivity contribution in [1.29, 1.82) is 0 Å². The van der Waals surface area contributed by atoms with Gasteiger partial charge in [-0.05, 0) is 17.7 Å². The SMILES string of the molecule is COc1cc(CN2CCc3nc(C(C)(C)C)[nH]c(=O)c3C2)ccc1F. The fourth-order valence-corrected chi connectivity index (χ4v) is 3.03. The zero-order valence-electron chi connectivity index (χ0n) is 15.1. The monoisotopic (exact) mass is 345 g/mol. The van der Waals surface area contributed by atoms with E-state index in [1.54, 1.807) is 12.1 Å². The van der Waals surface area contributed by atoms with E-state index in [4.69, 9.17) is 4.74 Å². The third-order valence-corrected chi connectivity index (χ3v) is 4.48. The fraction of sp³-hybridized carbons (Fsp3) is 0.474. The summed E-state index contributed by atoms with van der Waals surface area (Å²) in [7, 11) is 1.46. The summed E-state index contributed by atoms with van der Waals surface area (Å²) in [6.45, 7) is 8.10. The minimum atomic E-state index is -0.370. The Balaban J connectivity index is 1.81. The molecule has 1 aromatic heterocycles. The Hall–Kier alpha value is -2.21. The summed E-state index contributed by atoms with van der Waals surface area (Å²) < 4.78 is 18.6. The molecular formula is C19H24FN3O2. The molecule has 1 aromatic carbocycles. The first-order chi connectivity index (χ1) is 11.8. The Morgan fingerprint density at radius 1 is 1.36 bits per heavy atom. The molecule has 0 aliphatic carbocycles. The Morgan fingerprint density at radius 2 is 2.12 bits per heavy atom. The van der Waals surface area contributed by atoms with Crippen LogP contribution in [0.2, 0.25) is 0 Å². The van der Waals surface area contributed by atoms with Gasteiger partial charge in [-0.15, -0.1) is 0 Å². The number of nitrogens with one attached hydrogen (secondary N) is 1. The lowest BCUT2D eigenvalue weighted by Gasteiger charge is -2.29. The first kappa shape index (κ1) is 17.6. The maximum absolute atomic E-state index is 13.5. The van der Waals surface area contributed by atoms with Crippen LogP contribution < -0.4 is 10.3 Å². The number of ether oxygens (including phenoxy) is 1. The van der Waals surface area contributed by atoms with E-state index >= 15 is 0 Å². The molecule has 0 fully saturated rings. The molecule has 2 heterocycles. The summed E-state index contributed by atoms with van der Waals surface area (Å²) >= 11 is 0. The molecule has 6 heteroatoms. The van der Waals surface area contributed by atoms with Crippen LogP contribution in [0, 0.1) is 5.82 Å². The van der Waals surface area contributed by atoms with E-state index in [0.29, 0.717) is 13.1 Å². The van der Waals surface area contributed by atoms with Gasteiger partial charge in [-0.3, -0.25) is 9.69 Å². The van der Waals surface area contributed by atoms with Gasteiger partial charge in [0.2, 0.25) is 0 Å². The van der Waals surface area contributed by atoms with Crippen LogP contribution >= 0.6 is 0 Å². The minimum Gasteiger partial charge on any atom is -0.494 e. The molecule has 3 rings (SSSR count). The topological polar surface area (TPSA) is 58.2 Å².